The number of rotatable bonds is 4. The number of hydroxylamine groups is 2. The molecule has 0 aromatic heterocycles. The van der Waals surface area contributed by atoms with Crippen LogP contribution < -0.4 is 0 Å². The van der Waals surface area contributed by atoms with Crippen molar-refractivity contribution in [1.82, 2.24) is 5.06 Å². The molecule has 110 valence electrons. The average Bonchev–Trinajstić information content (AvgIpc) is 2.39. The van der Waals surface area contributed by atoms with Crippen molar-refractivity contribution in [3.63, 3.8) is 0 Å². The molecule has 1 amide bonds. The molecule has 0 fully saturated rings. The van der Waals surface area contributed by atoms with Crippen LogP contribution in [0.3, 0.4) is 0 Å². The van der Waals surface area contributed by atoms with Crippen molar-refractivity contribution in [3.8, 4) is 0 Å². The van der Waals surface area contributed by atoms with Crippen LogP contribution in [0.1, 0.15) is 26.3 Å². The van der Waals surface area contributed by atoms with E-state index >= 15 is 0 Å². The van der Waals surface area contributed by atoms with E-state index in [4.69, 9.17) is 28.0 Å². The molecule has 0 aliphatic heterocycles. The van der Waals surface area contributed by atoms with E-state index in [0.717, 1.165) is 5.06 Å². The molecular formula is C14H17Cl2NO3. The second kappa shape index (κ2) is 6.95. The summed E-state index contributed by atoms with van der Waals surface area (Å²) in [6.07, 6.45) is 0. The molecule has 0 atom stereocenters. The molecular weight excluding hydrogens is 301 g/mol. The fourth-order valence-corrected chi connectivity index (χ4v) is 1.79. The number of halogens is 2. The lowest BCUT2D eigenvalue weighted by molar-refractivity contribution is -0.204. The maximum atomic E-state index is 12.4. The standard InChI is InChI=1S/C14H17Cl2NO3/c1-10(18)20-17(13(19)14(2,3)9-15)8-11-6-4-5-7-12(11)16/h4-7H,8-9H2,1-3H3. The fourth-order valence-electron chi connectivity index (χ4n) is 1.48. The lowest BCUT2D eigenvalue weighted by Crippen LogP contribution is -2.42. The second-order valence-electron chi connectivity index (χ2n) is 5.03. The zero-order valence-corrected chi connectivity index (χ0v) is 13.2. The van der Waals surface area contributed by atoms with Gasteiger partial charge in [0, 0.05) is 17.8 Å². The third-order valence-electron chi connectivity index (χ3n) is 2.65. The number of nitrogens with zero attached hydrogens (tertiary/aromatic N) is 1. The molecule has 1 aromatic carbocycles. The van der Waals surface area contributed by atoms with Crippen LogP contribution in [0.25, 0.3) is 0 Å². The Labute approximate surface area is 128 Å². The Balaban J connectivity index is 2.99. The van der Waals surface area contributed by atoms with Crippen molar-refractivity contribution in [2.45, 2.75) is 27.3 Å². The Hall–Kier alpha value is -1.26. The van der Waals surface area contributed by atoms with Gasteiger partial charge < -0.3 is 4.84 Å². The fraction of sp³-hybridized carbons (Fsp3) is 0.429. The van der Waals surface area contributed by atoms with E-state index in [1.54, 1.807) is 38.1 Å². The lowest BCUT2D eigenvalue weighted by atomic mass is 9.95. The minimum absolute atomic E-state index is 0.0818. The van der Waals surface area contributed by atoms with Crippen LogP contribution in [-0.2, 0) is 21.0 Å². The zero-order chi connectivity index (χ0) is 15.3. The third kappa shape index (κ3) is 4.39. The molecule has 1 rings (SSSR count). The predicted octanol–water partition coefficient (Wildman–Crippen LogP) is 3.41. The number of carbonyl (C=O) groups is 2. The number of amides is 1. The summed E-state index contributed by atoms with van der Waals surface area (Å²) in [7, 11) is 0. The maximum absolute atomic E-state index is 12.4. The van der Waals surface area contributed by atoms with Gasteiger partial charge in [0.1, 0.15) is 0 Å². The highest BCUT2D eigenvalue weighted by Gasteiger charge is 2.33. The summed E-state index contributed by atoms with van der Waals surface area (Å²) < 4.78 is 0. The largest absolute Gasteiger partial charge is 0.338 e. The summed E-state index contributed by atoms with van der Waals surface area (Å²) >= 11 is 11.8. The zero-order valence-electron chi connectivity index (χ0n) is 11.7. The molecule has 0 aliphatic carbocycles. The van der Waals surface area contributed by atoms with Gasteiger partial charge in [0.2, 0.25) is 0 Å². The molecule has 0 saturated heterocycles. The first kappa shape index (κ1) is 16.8. The van der Waals surface area contributed by atoms with Crippen molar-refractivity contribution >= 4 is 35.1 Å². The Morgan fingerprint density at radius 2 is 1.90 bits per heavy atom. The number of carbonyl (C=O) groups excluding carboxylic acids is 2. The van der Waals surface area contributed by atoms with Crippen LogP contribution >= 0.6 is 23.2 Å². The van der Waals surface area contributed by atoms with Crippen LogP contribution in [0.2, 0.25) is 5.02 Å². The van der Waals surface area contributed by atoms with Crippen molar-refractivity contribution < 1.29 is 14.4 Å². The molecule has 0 aliphatic rings. The van der Waals surface area contributed by atoms with Gasteiger partial charge in [0.15, 0.2) is 0 Å². The molecule has 0 bridgehead atoms. The Morgan fingerprint density at radius 1 is 1.30 bits per heavy atom. The van der Waals surface area contributed by atoms with Crippen LogP contribution in [0.15, 0.2) is 24.3 Å². The van der Waals surface area contributed by atoms with Crippen LogP contribution in [0.5, 0.6) is 0 Å². The van der Waals surface area contributed by atoms with Gasteiger partial charge in [0.25, 0.3) is 5.91 Å². The van der Waals surface area contributed by atoms with Gasteiger partial charge in [-0.2, -0.15) is 5.06 Å². The molecule has 6 heteroatoms. The highest BCUT2D eigenvalue weighted by Crippen LogP contribution is 2.24. The summed E-state index contributed by atoms with van der Waals surface area (Å²) in [5.74, 6) is -0.829. The summed E-state index contributed by atoms with van der Waals surface area (Å²) in [5, 5.41) is 1.51. The second-order valence-corrected chi connectivity index (χ2v) is 5.71. The summed E-state index contributed by atoms with van der Waals surface area (Å²) in [5.41, 5.74) is -0.146. The van der Waals surface area contributed by atoms with E-state index in [0.29, 0.717) is 10.6 Å². The minimum Gasteiger partial charge on any atom is -0.338 e. The van der Waals surface area contributed by atoms with Gasteiger partial charge in [-0.05, 0) is 25.5 Å². The summed E-state index contributed by atoms with van der Waals surface area (Å²) in [6, 6.07) is 7.05. The van der Waals surface area contributed by atoms with Crippen molar-refractivity contribution in [2.75, 3.05) is 5.88 Å². The Kier molecular flexibility index (Phi) is 5.84. The molecule has 20 heavy (non-hydrogen) atoms. The lowest BCUT2D eigenvalue weighted by Gasteiger charge is -2.28. The van der Waals surface area contributed by atoms with Gasteiger partial charge in [-0.25, -0.2) is 0 Å². The number of hydrogen-bond acceptors (Lipinski definition) is 3. The van der Waals surface area contributed by atoms with E-state index in [-0.39, 0.29) is 18.3 Å². The first-order valence-electron chi connectivity index (χ1n) is 6.08. The number of alkyl halides is 1. The molecule has 0 radical (unpaired) electrons. The normalized spacial score (nSPS) is 11.1. The molecule has 0 unspecified atom stereocenters. The van der Waals surface area contributed by atoms with Gasteiger partial charge >= 0.3 is 5.97 Å². The monoisotopic (exact) mass is 317 g/mol. The topological polar surface area (TPSA) is 46.6 Å². The quantitative estimate of drug-likeness (QED) is 0.631. The van der Waals surface area contributed by atoms with E-state index in [1.807, 2.05) is 0 Å². The molecule has 0 N–H and O–H groups in total. The van der Waals surface area contributed by atoms with Crippen molar-refractivity contribution in [2.24, 2.45) is 5.41 Å². The van der Waals surface area contributed by atoms with Gasteiger partial charge in [-0.3, -0.25) is 9.59 Å². The molecule has 0 heterocycles. The Bertz CT molecular complexity index is 503. The van der Waals surface area contributed by atoms with Gasteiger partial charge in [-0.1, -0.05) is 29.8 Å². The maximum Gasteiger partial charge on any atom is 0.329 e. The van der Waals surface area contributed by atoms with Crippen LogP contribution in [0.4, 0.5) is 0 Å². The van der Waals surface area contributed by atoms with E-state index in [2.05, 4.69) is 0 Å². The van der Waals surface area contributed by atoms with Crippen molar-refractivity contribution in [1.29, 1.82) is 0 Å². The van der Waals surface area contributed by atoms with E-state index in [9.17, 15) is 9.59 Å². The SMILES string of the molecule is CC(=O)ON(Cc1ccccc1Cl)C(=O)C(C)(C)CCl. The first-order chi connectivity index (χ1) is 9.27. The molecule has 4 nitrogen and oxygen atoms in total. The molecule has 0 saturated carbocycles. The average molecular weight is 318 g/mol. The molecule has 0 spiro atoms. The van der Waals surface area contributed by atoms with E-state index in [1.165, 1.54) is 6.92 Å². The summed E-state index contributed by atoms with van der Waals surface area (Å²) in [4.78, 5) is 28.5. The van der Waals surface area contributed by atoms with Crippen molar-refractivity contribution in [3.05, 3.63) is 34.9 Å². The van der Waals surface area contributed by atoms with Crippen LogP contribution in [0, 0.1) is 5.41 Å². The summed E-state index contributed by atoms with van der Waals surface area (Å²) in [6.45, 7) is 4.69. The smallest absolute Gasteiger partial charge is 0.329 e. The van der Waals surface area contributed by atoms with E-state index < -0.39 is 11.4 Å². The molecule has 1 aromatic rings. The minimum atomic E-state index is -0.835. The first-order valence-corrected chi connectivity index (χ1v) is 6.99. The Morgan fingerprint density at radius 3 is 2.40 bits per heavy atom. The highest BCUT2D eigenvalue weighted by atomic mass is 35.5. The number of benzene rings is 1. The highest BCUT2D eigenvalue weighted by molar-refractivity contribution is 6.31. The number of hydrogen-bond donors (Lipinski definition) is 0. The van der Waals surface area contributed by atoms with Gasteiger partial charge in [-0.15, -0.1) is 11.6 Å². The van der Waals surface area contributed by atoms with Gasteiger partial charge in [0.05, 0.1) is 12.0 Å². The predicted molar refractivity (Wildman–Crippen MR) is 78.3 cm³/mol. The third-order valence-corrected chi connectivity index (χ3v) is 3.69. The van der Waals surface area contributed by atoms with Crippen LogP contribution in [-0.4, -0.2) is 22.8 Å².